The minimum atomic E-state index is 0.734. The summed E-state index contributed by atoms with van der Waals surface area (Å²) in [6, 6.07) is 1.92. The summed E-state index contributed by atoms with van der Waals surface area (Å²) in [5.41, 5.74) is 0.954. The van der Waals surface area contributed by atoms with Crippen molar-refractivity contribution < 1.29 is 0 Å². The fourth-order valence-electron chi connectivity index (χ4n) is 1.000. The second-order valence-corrected chi connectivity index (χ2v) is 3.64. The number of nitrogens with zero attached hydrogens (tertiary/aromatic N) is 5. The molecule has 5 nitrogen and oxygen atoms in total. The highest BCUT2D eigenvalue weighted by Crippen LogP contribution is 2.20. The number of rotatable bonds is 1. The summed E-state index contributed by atoms with van der Waals surface area (Å²) in [4.78, 5) is 4.03. The maximum atomic E-state index is 4.03. The highest BCUT2D eigenvalue weighted by molar-refractivity contribution is 14.1. The van der Waals surface area contributed by atoms with Crippen LogP contribution in [0, 0.1) is 3.57 Å². The van der Waals surface area contributed by atoms with E-state index in [0.717, 1.165) is 15.0 Å². The first-order valence-corrected chi connectivity index (χ1v) is 4.69. The Balaban J connectivity index is 2.59. The smallest absolute Gasteiger partial charge is 0.184 e. The summed E-state index contributed by atoms with van der Waals surface area (Å²) in [6.07, 6.45) is 3.50. The van der Waals surface area contributed by atoms with Crippen LogP contribution in [-0.2, 0) is 7.05 Å². The average Bonchev–Trinajstić information content (AvgIpc) is 2.52. The molecule has 0 atom stereocenters. The summed E-state index contributed by atoms with van der Waals surface area (Å²) in [7, 11) is 1.80. The third-order valence-electron chi connectivity index (χ3n) is 1.63. The maximum absolute atomic E-state index is 4.03. The Morgan fingerprint density at radius 3 is 2.92 bits per heavy atom. The van der Waals surface area contributed by atoms with Crippen molar-refractivity contribution in [2.45, 2.75) is 0 Å². The largest absolute Gasteiger partial charge is 0.264 e. The molecule has 2 aromatic heterocycles. The lowest BCUT2D eigenvalue weighted by molar-refractivity contribution is 0.714. The van der Waals surface area contributed by atoms with Gasteiger partial charge in [0.1, 0.15) is 0 Å². The fraction of sp³-hybridized carbons (Fsp3) is 0.143. The molecule has 13 heavy (non-hydrogen) atoms. The number of halogens is 1. The lowest BCUT2D eigenvalue weighted by Gasteiger charge is -1.99. The van der Waals surface area contributed by atoms with Gasteiger partial charge in [0.15, 0.2) is 5.82 Å². The number of aromatic nitrogens is 5. The zero-order valence-electron chi connectivity index (χ0n) is 6.85. The first kappa shape index (κ1) is 8.54. The van der Waals surface area contributed by atoms with Gasteiger partial charge < -0.3 is 0 Å². The highest BCUT2D eigenvalue weighted by Gasteiger charge is 2.08. The molecule has 0 saturated heterocycles. The molecule has 0 bridgehead atoms. The van der Waals surface area contributed by atoms with E-state index < -0.39 is 0 Å². The van der Waals surface area contributed by atoms with Crippen LogP contribution in [0.5, 0.6) is 0 Å². The number of aryl methyl sites for hydroxylation is 1. The summed E-state index contributed by atoms with van der Waals surface area (Å²) in [5.74, 6) is 0.734. The molecule has 66 valence electrons. The lowest BCUT2D eigenvalue weighted by atomic mass is 10.3. The van der Waals surface area contributed by atoms with Crippen molar-refractivity contribution >= 4 is 22.6 Å². The van der Waals surface area contributed by atoms with E-state index in [1.807, 2.05) is 6.07 Å². The predicted octanol–water partition coefficient (Wildman–Crippen LogP) is 0.877. The van der Waals surface area contributed by atoms with E-state index in [9.17, 15) is 0 Å². The molecule has 0 unspecified atom stereocenters. The number of hydrogen-bond donors (Lipinski definition) is 0. The van der Waals surface area contributed by atoms with Gasteiger partial charge in [0, 0.05) is 23.0 Å². The van der Waals surface area contributed by atoms with Crippen LogP contribution in [0.3, 0.4) is 0 Å². The molecule has 0 fully saturated rings. The van der Waals surface area contributed by atoms with E-state index in [-0.39, 0.29) is 0 Å². The van der Waals surface area contributed by atoms with Crippen LogP contribution < -0.4 is 0 Å². The van der Waals surface area contributed by atoms with Crippen LogP contribution in [0.15, 0.2) is 18.5 Å². The van der Waals surface area contributed by atoms with E-state index in [1.165, 1.54) is 0 Å². The monoisotopic (exact) mass is 287 g/mol. The molecule has 0 N–H and O–H groups in total. The van der Waals surface area contributed by atoms with Crippen LogP contribution in [0.2, 0.25) is 0 Å². The third-order valence-corrected chi connectivity index (χ3v) is 2.57. The fourth-order valence-corrected chi connectivity index (χ4v) is 1.54. The van der Waals surface area contributed by atoms with E-state index in [1.54, 1.807) is 24.1 Å². The molecule has 0 aromatic carbocycles. The molecule has 0 aliphatic rings. The topological polar surface area (TPSA) is 56.5 Å². The number of hydrogen-bond acceptors (Lipinski definition) is 4. The Morgan fingerprint density at radius 1 is 1.46 bits per heavy atom. The van der Waals surface area contributed by atoms with Gasteiger partial charge in [-0.1, -0.05) is 0 Å². The predicted molar refractivity (Wildman–Crippen MR) is 54.7 cm³/mol. The summed E-state index contributed by atoms with van der Waals surface area (Å²) >= 11 is 2.23. The molecule has 0 aliphatic carbocycles. The van der Waals surface area contributed by atoms with Crippen LogP contribution in [0.25, 0.3) is 11.4 Å². The molecule has 0 amide bonds. The molecule has 2 rings (SSSR count). The van der Waals surface area contributed by atoms with Gasteiger partial charge in [0.2, 0.25) is 0 Å². The van der Waals surface area contributed by atoms with Gasteiger partial charge in [-0.2, -0.15) is 0 Å². The Morgan fingerprint density at radius 2 is 2.31 bits per heavy atom. The molecule has 0 aliphatic heterocycles. The van der Waals surface area contributed by atoms with E-state index >= 15 is 0 Å². The number of tetrazole rings is 1. The first-order valence-electron chi connectivity index (χ1n) is 3.61. The Kier molecular flexibility index (Phi) is 2.21. The van der Waals surface area contributed by atoms with Gasteiger partial charge in [0.05, 0.1) is 5.56 Å². The van der Waals surface area contributed by atoms with Gasteiger partial charge in [-0.3, -0.25) is 4.98 Å². The van der Waals surface area contributed by atoms with Crippen molar-refractivity contribution in [2.24, 2.45) is 7.05 Å². The molecule has 0 spiro atoms. The van der Waals surface area contributed by atoms with Crippen LogP contribution >= 0.6 is 22.6 Å². The molecule has 2 aromatic rings. The van der Waals surface area contributed by atoms with Crippen molar-refractivity contribution in [3.63, 3.8) is 0 Å². The van der Waals surface area contributed by atoms with Gasteiger partial charge in [0.25, 0.3) is 0 Å². The minimum absolute atomic E-state index is 0.734. The van der Waals surface area contributed by atoms with E-state index in [0.29, 0.717) is 0 Å². The second kappa shape index (κ2) is 3.36. The SMILES string of the molecule is Cn1nnnc1-c1cnccc1I. The quantitative estimate of drug-likeness (QED) is 0.730. The van der Waals surface area contributed by atoms with Crippen LogP contribution in [-0.4, -0.2) is 25.2 Å². The van der Waals surface area contributed by atoms with Crippen molar-refractivity contribution in [3.8, 4) is 11.4 Å². The van der Waals surface area contributed by atoms with Gasteiger partial charge >= 0.3 is 0 Å². The first-order chi connectivity index (χ1) is 6.29. The molecule has 0 saturated carbocycles. The maximum Gasteiger partial charge on any atom is 0.184 e. The van der Waals surface area contributed by atoms with E-state index in [2.05, 4.69) is 43.1 Å². The Bertz CT molecular complexity index is 424. The van der Waals surface area contributed by atoms with Gasteiger partial charge in [-0.25, -0.2) is 4.68 Å². The standard InChI is InChI=1S/C7H6IN5/c1-13-7(10-11-12-13)5-4-9-3-2-6(5)8/h2-4H,1H3. The summed E-state index contributed by atoms with van der Waals surface area (Å²) < 4.78 is 2.71. The number of pyridine rings is 1. The summed E-state index contributed by atoms with van der Waals surface area (Å²) in [5, 5.41) is 11.2. The lowest BCUT2D eigenvalue weighted by Crippen LogP contribution is -1.96. The van der Waals surface area contributed by atoms with Crippen molar-refractivity contribution in [3.05, 3.63) is 22.0 Å². The second-order valence-electron chi connectivity index (χ2n) is 2.48. The Hall–Kier alpha value is -1.05. The molecular formula is C7H6IN5. The molecule has 2 heterocycles. The Labute approximate surface area is 88.3 Å². The molecule has 6 heteroatoms. The zero-order chi connectivity index (χ0) is 9.26. The van der Waals surface area contributed by atoms with Crippen LogP contribution in [0.4, 0.5) is 0 Å². The highest BCUT2D eigenvalue weighted by atomic mass is 127. The third kappa shape index (κ3) is 1.53. The normalized spacial score (nSPS) is 10.3. The van der Waals surface area contributed by atoms with E-state index in [4.69, 9.17) is 0 Å². The van der Waals surface area contributed by atoms with Crippen molar-refractivity contribution in [1.29, 1.82) is 0 Å². The van der Waals surface area contributed by atoms with Crippen molar-refractivity contribution in [1.82, 2.24) is 25.2 Å². The van der Waals surface area contributed by atoms with Gasteiger partial charge in [-0.05, 0) is 39.1 Å². The van der Waals surface area contributed by atoms with Crippen molar-refractivity contribution in [2.75, 3.05) is 0 Å². The summed E-state index contributed by atoms with van der Waals surface area (Å²) in [6.45, 7) is 0. The molecular weight excluding hydrogens is 281 g/mol. The minimum Gasteiger partial charge on any atom is -0.264 e. The average molecular weight is 287 g/mol. The van der Waals surface area contributed by atoms with Gasteiger partial charge in [-0.15, -0.1) is 5.10 Å². The molecule has 0 radical (unpaired) electrons. The zero-order valence-corrected chi connectivity index (χ0v) is 9.00. The van der Waals surface area contributed by atoms with Crippen LogP contribution in [0.1, 0.15) is 0 Å².